The van der Waals surface area contributed by atoms with Gasteiger partial charge >= 0.3 is 0 Å². The van der Waals surface area contributed by atoms with Gasteiger partial charge in [0.1, 0.15) is 24.1 Å². The first-order valence-electron chi connectivity index (χ1n) is 8.90. The van der Waals surface area contributed by atoms with Crippen molar-refractivity contribution in [3.63, 3.8) is 0 Å². The summed E-state index contributed by atoms with van der Waals surface area (Å²) < 4.78 is 14.3. The Kier molecular flexibility index (Phi) is 9.42. The number of carbonyl (C=O) groups excluding carboxylic acids is 2. The van der Waals surface area contributed by atoms with Gasteiger partial charge in [-0.15, -0.1) is 0 Å². The van der Waals surface area contributed by atoms with Gasteiger partial charge in [0.2, 0.25) is 0 Å². The summed E-state index contributed by atoms with van der Waals surface area (Å²) in [4.78, 5) is 18.8. The Morgan fingerprint density at radius 2 is 1.45 bits per heavy atom. The molecule has 0 unspecified atom stereocenters. The van der Waals surface area contributed by atoms with Gasteiger partial charge in [0, 0.05) is 12.0 Å². The van der Waals surface area contributed by atoms with Crippen molar-refractivity contribution in [3.05, 3.63) is 78.1 Å². The molecule has 0 aliphatic carbocycles. The molecule has 152 valence electrons. The zero-order valence-electron chi connectivity index (χ0n) is 16.6. The molecule has 29 heavy (non-hydrogen) atoms. The van der Waals surface area contributed by atoms with Crippen LogP contribution in [-0.2, 0) is 16.0 Å². The molecule has 0 saturated carbocycles. The monoisotopic (exact) mass is 396 g/mol. The van der Waals surface area contributed by atoms with Crippen molar-refractivity contribution in [1.29, 1.82) is 0 Å². The molecule has 3 aromatic carbocycles. The van der Waals surface area contributed by atoms with E-state index in [4.69, 9.17) is 5.11 Å². The van der Waals surface area contributed by atoms with Crippen LogP contribution in [-0.4, -0.2) is 29.4 Å². The van der Waals surface area contributed by atoms with Gasteiger partial charge in [-0.05, 0) is 65.3 Å². The first-order chi connectivity index (χ1) is 13.7. The second-order valence-corrected chi connectivity index (χ2v) is 6.51. The molecule has 3 aromatic rings. The van der Waals surface area contributed by atoms with E-state index in [1.807, 2.05) is 6.07 Å². The summed E-state index contributed by atoms with van der Waals surface area (Å²) in [5.41, 5.74) is 1.67. The standard InChI is InChI=1S/C16H13FO2.2C4H6O/c17-16-10(7-8-18)1-4-14-13-6-3-12(19)9-11(13)2-5-15(14)16;2*1-4(2)3-5/h1-6,9,18-19H,7-8H2;2*3H,1H2,2H3. The van der Waals surface area contributed by atoms with Crippen molar-refractivity contribution in [2.75, 3.05) is 6.61 Å². The summed E-state index contributed by atoms with van der Waals surface area (Å²) in [5.74, 6) is -0.0780. The van der Waals surface area contributed by atoms with Crippen LogP contribution in [0.5, 0.6) is 5.75 Å². The van der Waals surface area contributed by atoms with Crippen molar-refractivity contribution in [2.45, 2.75) is 20.3 Å². The van der Waals surface area contributed by atoms with Crippen molar-refractivity contribution >= 4 is 34.1 Å². The van der Waals surface area contributed by atoms with Gasteiger partial charge in [0.05, 0.1) is 0 Å². The molecule has 0 spiro atoms. The Morgan fingerprint density at radius 3 is 1.97 bits per heavy atom. The Balaban J connectivity index is 0.000000353. The van der Waals surface area contributed by atoms with Gasteiger partial charge in [-0.2, -0.15) is 0 Å². The molecule has 0 aromatic heterocycles. The number of halogens is 1. The Morgan fingerprint density at radius 1 is 0.931 bits per heavy atom. The molecular weight excluding hydrogens is 371 g/mol. The molecule has 0 aliphatic rings. The maximum atomic E-state index is 14.3. The smallest absolute Gasteiger partial charge is 0.145 e. The number of aliphatic hydroxyl groups excluding tert-OH is 1. The number of phenolic OH excluding ortho intramolecular Hbond substituents is 1. The van der Waals surface area contributed by atoms with Crippen molar-refractivity contribution in [2.24, 2.45) is 0 Å². The number of hydrogen-bond donors (Lipinski definition) is 2. The van der Waals surface area contributed by atoms with E-state index in [-0.39, 0.29) is 18.2 Å². The van der Waals surface area contributed by atoms with Crippen LogP contribution in [0.15, 0.2) is 66.8 Å². The van der Waals surface area contributed by atoms with Crippen molar-refractivity contribution in [3.8, 4) is 5.75 Å². The van der Waals surface area contributed by atoms with E-state index in [9.17, 15) is 19.1 Å². The number of aliphatic hydroxyl groups is 1. The zero-order chi connectivity index (χ0) is 22.0. The lowest BCUT2D eigenvalue weighted by atomic mass is 9.98. The summed E-state index contributed by atoms with van der Waals surface area (Å²) in [7, 11) is 0. The van der Waals surface area contributed by atoms with E-state index in [0.29, 0.717) is 28.5 Å². The second kappa shape index (κ2) is 11.5. The lowest BCUT2D eigenvalue weighted by molar-refractivity contribution is -0.105. The molecule has 0 aliphatic heterocycles. The van der Waals surface area contributed by atoms with Crippen LogP contribution >= 0.6 is 0 Å². The number of fused-ring (bicyclic) bond motifs is 3. The molecular formula is C24H25FO4. The Labute approximate surface area is 169 Å². The third kappa shape index (κ3) is 6.97. The van der Waals surface area contributed by atoms with Gasteiger partial charge in [-0.25, -0.2) is 4.39 Å². The molecule has 0 fully saturated rings. The summed E-state index contributed by atoms with van der Waals surface area (Å²) in [6.45, 7) is 9.86. The topological polar surface area (TPSA) is 74.6 Å². The SMILES string of the molecule is C=C(C)C=O.C=C(C)C=O.OCCc1ccc2c(ccc3cc(O)ccc32)c1F. The summed E-state index contributed by atoms with van der Waals surface area (Å²) in [6, 6.07) is 12.1. The first kappa shape index (κ1) is 23.7. The van der Waals surface area contributed by atoms with E-state index >= 15 is 0 Å². The van der Waals surface area contributed by atoms with Crippen LogP contribution < -0.4 is 0 Å². The van der Waals surface area contributed by atoms with Crippen molar-refractivity contribution in [1.82, 2.24) is 0 Å². The van der Waals surface area contributed by atoms with Crippen LogP contribution in [0.2, 0.25) is 0 Å². The minimum Gasteiger partial charge on any atom is -0.508 e. The predicted molar refractivity (Wildman–Crippen MR) is 116 cm³/mol. The first-order valence-corrected chi connectivity index (χ1v) is 8.90. The van der Waals surface area contributed by atoms with Crippen LogP contribution in [0.1, 0.15) is 19.4 Å². The lowest BCUT2D eigenvalue weighted by Crippen LogP contribution is -1.95. The highest BCUT2D eigenvalue weighted by Crippen LogP contribution is 2.30. The molecule has 0 bridgehead atoms. The fourth-order valence-corrected chi connectivity index (χ4v) is 2.46. The maximum absolute atomic E-state index is 14.3. The highest BCUT2D eigenvalue weighted by molar-refractivity contribution is 6.08. The molecule has 0 radical (unpaired) electrons. The number of carbonyl (C=O) groups is 2. The van der Waals surface area contributed by atoms with Crippen LogP contribution in [0.25, 0.3) is 21.5 Å². The molecule has 0 atom stereocenters. The number of phenols is 1. The maximum Gasteiger partial charge on any atom is 0.145 e. The van der Waals surface area contributed by atoms with E-state index in [1.54, 1.807) is 50.2 Å². The fraction of sp³-hybridized carbons (Fsp3) is 0.167. The fourth-order valence-electron chi connectivity index (χ4n) is 2.46. The summed E-state index contributed by atoms with van der Waals surface area (Å²) in [6.07, 6.45) is 1.76. The molecule has 0 saturated heterocycles. The predicted octanol–water partition coefficient (Wildman–Crippen LogP) is 4.90. The minimum absolute atomic E-state index is 0.0656. The number of allylic oxidation sites excluding steroid dienone is 2. The normalized spacial score (nSPS) is 9.66. The number of aromatic hydroxyl groups is 1. The quantitative estimate of drug-likeness (QED) is 0.374. The lowest BCUT2D eigenvalue weighted by Gasteiger charge is -2.08. The molecule has 3 rings (SSSR count). The highest BCUT2D eigenvalue weighted by atomic mass is 19.1. The van der Waals surface area contributed by atoms with Crippen molar-refractivity contribution < 1.29 is 24.2 Å². The van der Waals surface area contributed by atoms with Gasteiger partial charge in [-0.3, -0.25) is 9.59 Å². The second-order valence-electron chi connectivity index (χ2n) is 6.51. The molecule has 5 heteroatoms. The number of hydrogen-bond acceptors (Lipinski definition) is 4. The minimum atomic E-state index is -0.276. The number of benzene rings is 3. The van der Waals surface area contributed by atoms with E-state index in [0.717, 1.165) is 28.7 Å². The number of aldehydes is 2. The van der Waals surface area contributed by atoms with Crippen LogP contribution in [0.4, 0.5) is 4.39 Å². The largest absolute Gasteiger partial charge is 0.508 e. The molecule has 4 nitrogen and oxygen atoms in total. The van der Waals surface area contributed by atoms with Crippen LogP contribution in [0, 0.1) is 5.82 Å². The average molecular weight is 396 g/mol. The average Bonchev–Trinajstić information content (AvgIpc) is 2.70. The van der Waals surface area contributed by atoms with Crippen LogP contribution in [0.3, 0.4) is 0 Å². The zero-order valence-corrected chi connectivity index (χ0v) is 16.6. The third-order valence-electron chi connectivity index (χ3n) is 3.80. The number of rotatable bonds is 4. The third-order valence-corrected chi connectivity index (χ3v) is 3.80. The van der Waals surface area contributed by atoms with Gasteiger partial charge in [0.15, 0.2) is 0 Å². The molecule has 0 amide bonds. The Hall–Kier alpha value is -3.31. The van der Waals surface area contributed by atoms with E-state index < -0.39 is 0 Å². The Bertz CT molecular complexity index is 1020. The summed E-state index contributed by atoms with van der Waals surface area (Å²) >= 11 is 0. The van der Waals surface area contributed by atoms with Gasteiger partial charge in [-0.1, -0.05) is 43.5 Å². The van der Waals surface area contributed by atoms with E-state index in [1.165, 1.54) is 0 Å². The summed E-state index contributed by atoms with van der Waals surface area (Å²) in [5, 5.41) is 21.5. The van der Waals surface area contributed by atoms with Gasteiger partial charge < -0.3 is 10.2 Å². The highest BCUT2D eigenvalue weighted by Gasteiger charge is 2.09. The van der Waals surface area contributed by atoms with Gasteiger partial charge in [0.25, 0.3) is 0 Å². The molecule has 2 N–H and O–H groups in total. The van der Waals surface area contributed by atoms with E-state index in [2.05, 4.69) is 13.2 Å². The molecule has 0 heterocycles.